The summed E-state index contributed by atoms with van der Waals surface area (Å²) in [6.45, 7) is 0.613. The Labute approximate surface area is 111 Å². The van der Waals surface area contributed by atoms with E-state index < -0.39 is 0 Å². The third kappa shape index (κ3) is 2.19. The SMILES string of the molecule is NC(c1ccncc1F)C1CCOc2ccccc21. The highest BCUT2D eigenvalue weighted by atomic mass is 19.1. The van der Waals surface area contributed by atoms with Crippen LogP contribution in [0.4, 0.5) is 4.39 Å². The number of ether oxygens (including phenoxy) is 1. The lowest BCUT2D eigenvalue weighted by Gasteiger charge is -2.30. The summed E-state index contributed by atoms with van der Waals surface area (Å²) >= 11 is 0. The van der Waals surface area contributed by atoms with Crippen LogP contribution in [0.5, 0.6) is 5.75 Å². The fraction of sp³-hybridized carbons (Fsp3) is 0.267. The maximum atomic E-state index is 13.8. The van der Waals surface area contributed by atoms with Crippen molar-refractivity contribution in [2.24, 2.45) is 5.73 Å². The topological polar surface area (TPSA) is 48.1 Å². The van der Waals surface area contributed by atoms with E-state index in [1.54, 1.807) is 12.3 Å². The molecule has 3 rings (SSSR count). The van der Waals surface area contributed by atoms with E-state index in [2.05, 4.69) is 4.98 Å². The first-order chi connectivity index (χ1) is 9.27. The molecule has 2 aromatic rings. The molecule has 4 heteroatoms. The lowest BCUT2D eigenvalue weighted by molar-refractivity contribution is 0.254. The molecule has 0 aliphatic carbocycles. The van der Waals surface area contributed by atoms with Crippen molar-refractivity contribution in [1.29, 1.82) is 0 Å². The second kappa shape index (κ2) is 4.97. The van der Waals surface area contributed by atoms with Gasteiger partial charge in [-0.1, -0.05) is 18.2 Å². The monoisotopic (exact) mass is 258 g/mol. The number of aromatic nitrogens is 1. The molecule has 0 saturated carbocycles. The first kappa shape index (κ1) is 12.1. The number of para-hydroxylation sites is 1. The molecule has 2 N–H and O–H groups in total. The summed E-state index contributed by atoms with van der Waals surface area (Å²) in [5.41, 5.74) is 7.83. The number of nitrogens with two attached hydrogens (primary N) is 1. The smallest absolute Gasteiger partial charge is 0.146 e. The van der Waals surface area contributed by atoms with E-state index in [0.717, 1.165) is 17.7 Å². The van der Waals surface area contributed by atoms with Gasteiger partial charge in [0.1, 0.15) is 11.6 Å². The number of fused-ring (bicyclic) bond motifs is 1. The molecule has 1 aromatic heterocycles. The number of hydrogen-bond donors (Lipinski definition) is 1. The third-order valence-corrected chi connectivity index (χ3v) is 3.60. The van der Waals surface area contributed by atoms with Crippen LogP contribution in [-0.2, 0) is 0 Å². The van der Waals surface area contributed by atoms with Crippen molar-refractivity contribution >= 4 is 0 Å². The molecular formula is C15H15FN2O. The molecule has 0 spiro atoms. The van der Waals surface area contributed by atoms with Gasteiger partial charge in [0.25, 0.3) is 0 Å². The lowest BCUT2D eigenvalue weighted by Crippen LogP contribution is -2.26. The van der Waals surface area contributed by atoms with Gasteiger partial charge in [-0.2, -0.15) is 0 Å². The van der Waals surface area contributed by atoms with Gasteiger partial charge in [0.2, 0.25) is 0 Å². The van der Waals surface area contributed by atoms with Gasteiger partial charge in [-0.3, -0.25) is 4.98 Å². The quantitative estimate of drug-likeness (QED) is 0.901. The highest BCUT2D eigenvalue weighted by molar-refractivity contribution is 5.40. The fourth-order valence-corrected chi connectivity index (χ4v) is 2.62. The Hall–Kier alpha value is -1.94. The van der Waals surface area contributed by atoms with E-state index in [0.29, 0.717) is 12.2 Å². The standard InChI is InChI=1S/C15H15FN2O/c16-13-9-18-7-5-12(13)15(17)11-6-8-19-14-4-2-1-3-10(11)14/h1-5,7,9,11,15H,6,8,17H2. The van der Waals surface area contributed by atoms with Gasteiger partial charge in [0, 0.05) is 23.7 Å². The van der Waals surface area contributed by atoms with Gasteiger partial charge < -0.3 is 10.5 Å². The largest absolute Gasteiger partial charge is 0.493 e. The van der Waals surface area contributed by atoms with E-state index in [9.17, 15) is 4.39 Å². The average molecular weight is 258 g/mol. The molecule has 0 radical (unpaired) electrons. The van der Waals surface area contributed by atoms with Crippen molar-refractivity contribution in [3.8, 4) is 5.75 Å². The number of hydrogen-bond acceptors (Lipinski definition) is 3. The molecule has 1 aliphatic heterocycles. The number of pyridine rings is 1. The molecule has 98 valence electrons. The van der Waals surface area contributed by atoms with Gasteiger partial charge in [0.05, 0.1) is 12.8 Å². The lowest BCUT2D eigenvalue weighted by atomic mass is 9.84. The van der Waals surface area contributed by atoms with E-state index in [-0.39, 0.29) is 17.8 Å². The van der Waals surface area contributed by atoms with Crippen molar-refractivity contribution in [3.05, 3.63) is 59.7 Å². The summed E-state index contributed by atoms with van der Waals surface area (Å²) in [6, 6.07) is 9.08. The van der Waals surface area contributed by atoms with E-state index in [1.807, 2.05) is 24.3 Å². The minimum atomic E-state index is -0.381. The Morgan fingerprint density at radius 2 is 2.16 bits per heavy atom. The van der Waals surface area contributed by atoms with Crippen molar-refractivity contribution in [2.75, 3.05) is 6.61 Å². The molecule has 3 nitrogen and oxygen atoms in total. The van der Waals surface area contributed by atoms with Gasteiger partial charge in [-0.05, 0) is 24.1 Å². The minimum absolute atomic E-state index is 0.0712. The summed E-state index contributed by atoms with van der Waals surface area (Å²) in [4.78, 5) is 3.76. The number of benzene rings is 1. The summed E-state index contributed by atoms with van der Waals surface area (Å²) in [5.74, 6) is 0.574. The second-order valence-electron chi connectivity index (χ2n) is 4.70. The average Bonchev–Trinajstić information content (AvgIpc) is 2.46. The fourth-order valence-electron chi connectivity index (χ4n) is 2.62. The summed E-state index contributed by atoms with van der Waals surface area (Å²) < 4.78 is 19.4. The number of nitrogens with zero attached hydrogens (tertiary/aromatic N) is 1. The van der Waals surface area contributed by atoms with Crippen molar-refractivity contribution in [2.45, 2.75) is 18.4 Å². The molecule has 0 saturated heterocycles. The van der Waals surface area contributed by atoms with Crippen LogP contribution in [0.1, 0.15) is 29.5 Å². The Bertz CT molecular complexity index is 588. The summed E-state index contributed by atoms with van der Waals surface area (Å²) in [5, 5.41) is 0. The Balaban J connectivity index is 1.98. The zero-order valence-electron chi connectivity index (χ0n) is 10.4. The zero-order chi connectivity index (χ0) is 13.2. The molecule has 2 heterocycles. The maximum Gasteiger partial charge on any atom is 0.146 e. The van der Waals surface area contributed by atoms with Crippen molar-refractivity contribution in [1.82, 2.24) is 4.98 Å². The molecule has 0 amide bonds. The molecule has 1 aliphatic rings. The first-order valence-corrected chi connectivity index (χ1v) is 6.34. The van der Waals surface area contributed by atoms with Crippen LogP contribution in [0.25, 0.3) is 0 Å². The number of rotatable bonds is 2. The van der Waals surface area contributed by atoms with E-state index in [1.165, 1.54) is 6.20 Å². The molecule has 2 atom stereocenters. The van der Waals surface area contributed by atoms with Gasteiger partial charge in [-0.15, -0.1) is 0 Å². The summed E-state index contributed by atoms with van der Waals surface area (Å²) in [6.07, 6.45) is 3.57. The third-order valence-electron chi connectivity index (χ3n) is 3.60. The highest BCUT2D eigenvalue weighted by Gasteiger charge is 2.28. The molecular weight excluding hydrogens is 243 g/mol. The predicted molar refractivity (Wildman–Crippen MR) is 70.4 cm³/mol. The van der Waals surface area contributed by atoms with Crippen molar-refractivity contribution < 1.29 is 9.13 Å². The second-order valence-corrected chi connectivity index (χ2v) is 4.70. The predicted octanol–water partition coefficient (Wildman–Crippen LogP) is 2.79. The Morgan fingerprint density at radius 1 is 1.32 bits per heavy atom. The highest BCUT2D eigenvalue weighted by Crippen LogP contribution is 2.40. The summed E-state index contributed by atoms with van der Waals surface area (Å²) in [7, 11) is 0. The van der Waals surface area contributed by atoms with Crippen LogP contribution in [0.2, 0.25) is 0 Å². The van der Waals surface area contributed by atoms with Crippen LogP contribution in [0, 0.1) is 5.82 Å². The van der Waals surface area contributed by atoms with Gasteiger partial charge >= 0.3 is 0 Å². The molecule has 19 heavy (non-hydrogen) atoms. The molecule has 0 fully saturated rings. The zero-order valence-corrected chi connectivity index (χ0v) is 10.4. The van der Waals surface area contributed by atoms with Gasteiger partial charge in [-0.25, -0.2) is 4.39 Å². The van der Waals surface area contributed by atoms with E-state index >= 15 is 0 Å². The normalized spacial score (nSPS) is 19.4. The number of halogens is 1. The van der Waals surface area contributed by atoms with Crippen LogP contribution in [-0.4, -0.2) is 11.6 Å². The van der Waals surface area contributed by atoms with Crippen molar-refractivity contribution in [3.63, 3.8) is 0 Å². The Kier molecular flexibility index (Phi) is 3.17. The molecule has 2 unspecified atom stereocenters. The van der Waals surface area contributed by atoms with E-state index in [4.69, 9.17) is 10.5 Å². The van der Waals surface area contributed by atoms with Crippen LogP contribution in [0.15, 0.2) is 42.7 Å². The molecule has 1 aromatic carbocycles. The maximum absolute atomic E-state index is 13.8. The van der Waals surface area contributed by atoms with Crippen LogP contribution < -0.4 is 10.5 Å². The Morgan fingerprint density at radius 3 is 3.00 bits per heavy atom. The van der Waals surface area contributed by atoms with Crippen LogP contribution in [0.3, 0.4) is 0 Å². The minimum Gasteiger partial charge on any atom is -0.493 e. The molecule has 0 bridgehead atoms. The van der Waals surface area contributed by atoms with Gasteiger partial charge in [0.15, 0.2) is 0 Å². The van der Waals surface area contributed by atoms with Crippen LogP contribution >= 0.6 is 0 Å². The first-order valence-electron chi connectivity index (χ1n) is 6.34.